The average molecular weight is 321 g/mol. The van der Waals surface area contributed by atoms with E-state index >= 15 is 0 Å². The summed E-state index contributed by atoms with van der Waals surface area (Å²) in [6, 6.07) is 5.76. The largest absolute Gasteiger partial charge is 0.477 e. The van der Waals surface area contributed by atoms with Gasteiger partial charge in [-0.1, -0.05) is 6.07 Å². The number of morpholine rings is 1. The van der Waals surface area contributed by atoms with Crippen molar-refractivity contribution in [1.82, 2.24) is 10.3 Å². The first kappa shape index (κ1) is 17.5. The molecular formula is C14H22Cl2N2O2. The molecule has 1 saturated heterocycles. The summed E-state index contributed by atoms with van der Waals surface area (Å²) in [5.74, 6) is 1.19. The SMILES string of the molecule is Cl.Cl.c1ccc(OC[C@@H]2CCC[C@@]23CNCCO3)nc1. The average Bonchev–Trinajstić information content (AvgIpc) is 2.81. The van der Waals surface area contributed by atoms with Crippen LogP contribution in [0.4, 0.5) is 0 Å². The Morgan fingerprint density at radius 2 is 2.30 bits per heavy atom. The summed E-state index contributed by atoms with van der Waals surface area (Å²) in [6.07, 6.45) is 5.33. The van der Waals surface area contributed by atoms with Gasteiger partial charge in [-0.25, -0.2) is 4.98 Å². The van der Waals surface area contributed by atoms with Gasteiger partial charge in [0.2, 0.25) is 5.88 Å². The summed E-state index contributed by atoms with van der Waals surface area (Å²) in [6.45, 7) is 3.46. The topological polar surface area (TPSA) is 43.4 Å². The predicted molar refractivity (Wildman–Crippen MR) is 83.1 cm³/mol. The van der Waals surface area contributed by atoms with E-state index in [2.05, 4.69) is 10.3 Å². The highest BCUT2D eigenvalue weighted by atomic mass is 35.5. The van der Waals surface area contributed by atoms with Gasteiger partial charge in [0.1, 0.15) is 0 Å². The van der Waals surface area contributed by atoms with Crippen LogP contribution in [-0.4, -0.2) is 36.9 Å². The fourth-order valence-electron chi connectivity index (χ4n) is 3.07. The number of nitrogens with zero attached hydrogens (tertiary/aromatic N) is 1. The van der Waals surface area contributed by atoms with Crippen LogP contribution in [0.15, 0.2) is 24.4 Å². The highest BCUT2D eigenvalue weighted by Gasteiger charge is 2.45. The molecule has 0 radical (unpaired) electrons. The van der Waals surface area contributed by atoms with Gasteiger partial charge in [-0.05, 0) is 25.3 Å². The van der Waals surface area contributed by atoms with Crippen molar-refractivity contribution in [1.29, 1.82) is 0 Å². The van der Waals surface area contributed by atoms with Crippen molar-refractivity contribution in [3.05, 3.63) is 24.4 Å². The van der Waals surface area contributed by atoms with Gasteiger partial charge in [-0.15, -0.1) is 24.8 Å². The molecule has 1 N–H and O–H groups in total. The normalized spacial score (nSPS) is 28.5. The van der Waals surface area contributed by atoms with E-state index < -0.39 is 0 Å². The minimum Gasteiger partial charge on any atom is -0.477 e. The molecule has 6 heteroatoms. The maximum atomic E-state index is 6.06. The first-order chi connectivity index (χ1) is 8.89. The lowest BCUT2D eigenvalue weighted by atomic mass is 9.90. The molecular weight excluding hydrogens is 299 g/mol. The molecule has 1 aromatic heterocycles. The van der Waals surface area contributed by atoms with Crippen LogP contribution in [0.25, 0.3) is 0 Å². The Morgan fingerprint density at radius 3 is 3.00 bits per heavy atom. The lowest BCUT2D eigenvalue weighted by Gasteiger charge is -2.39. The molecule has 1 aliphatic heterocycles. The Hall–Kier alpha value is -0.550. The highest BCUT2D eigenvalue weighted by molar-refractivity contribution is 5.85. The monoisotopic (exact) mass is 320 g/mol. The van der Waals surface area contributed by atoms with Gasteiger partial charge < -0.3 is 14.8 Å². The smallest absolute Gasteiger partial charge is 0.213 e. The van der Waals surface area contributed by atoms with E-state index in [1.54, 1.807) is 6.20 Å². The van der Waals surface area contributed by atoms with Crippen LogP contribution in [0, 0.1) is 5.92 Å². The molecule has 1 aliphatic carbocycles. The second-order valence-corrected chi connectivity index (χ2v) is 5.16. The molecule has 0 unspecified atom stereocenters. The Labute approximate surface area is 132 Å². The molecule has 4 nitrogen and oxygen atoms in total. The standard InChI is InChI=1S/C14H20N2O2.2ClH/c1-2-7-16-13(5-1)17-10-12-4-3-6-14(12)11-15-8-9-18-14;;/h1-2,5,7,12,15H,3-4,6,8-11H2;2*1H/t12-,14+;;/m0../s1. The van der Waals surface area contributed by atoms with Gasteiger partial charge in [0.25, 0.3) is 0 Å². The van der Waals surface area contributed by atoms with Crippen molar-refractivity contribution in [2.75, 3.05) is 26.3 Å². The van der Waals surface area contributed by atoms with Crippen molar-refractivity contribution in [2.45, 2.75) is 24.9 Å². The van der Waals surface area contributed by atoms with E-state index in [-0.39, 0.29) is 30.4 Å². The van der Waals surface area contributed by atoms with Crippen LogP contribution in [0.1, 0.15) is 19.3 Å². The number of nitrogens with one attached hydrogen (secondary N) is 1. The van der Waals surface area contributed by atoms with Gasteiger partial charge in [0, 0.05) is 31.3 Å². The van der Waals surface area contributed by atoms with E-state index in [4.69, 9.17) is 9.47 Å². The summed E-state index contributed by atoms with van der Waals surface area (Å²) < 4.78 is 11.9. The van der Waals surface area contributed by atoms with Crippen LogP contribution in [0.5, 0.6) is 5.88 Å². The molecule has 1 spiro atoms. The molecule has 1 aromatic rings. The molecule has 2 fully saturated rings. The van der Waals surface area contributed by atoms with Gasteiger partial charge in [-0.3, -0.25) is 0 Å². The summed E-state index contributed by atoms with van der Waals surface area (Å²) in [7, 11) is 0. The molecule has 114 valence electrons. The van der Waals surface area contributed by atoms with Crippen LogP contribution in [0.2, 0.25) is 0 Å². The molecule has 2 heterocycles. The minimum atomic E-state index is 0. The molecule has 1 saturated carbocycles. The second-order valence-electron chi connectivity index (χ2n) is 5.16. The predicted octanol–water partition coefficient (Wildman–Crippen LogP) is 2.46. The Bertz CT molecular complexity index is 386. The number of rotatable bonds is 3. The first-order valence-electron chi connectivity index (χ1n) is 6.78. The molecule has 20 heavy (non-hydrogen) atoms. The van der Waals surface area contributed by atoms with Gasteiger partial charge in [0.15, 0.2) is 0 Å². The third-order valence-corrected chi connectivity index (χ3v) is 4.06. The van der Waals surface area contributed by atoms with Gasteiger partial charge in [0.05, 0.1) is 18.8 Å². The number of ether oxygens (including phenoxy) is 2. The van der Waals surface area contributed by atoms with Gasteiger partial charge >= 0.3 is 0 Å². The van der Waals surface area contributed by atoms with Crippen molar-refractivity contribution >= 4 is 24.8 Å². The molecule has 0 bridgehead atoms. The van der Waals surface area contributed by atoms with Crippen molar-refractivity contribution in [2.24, 2.45) is 5.92 Å². The third-order valence-electron chi connectivity index (χ3n) is 4.06. The van der Waals surface area contributed by atoms with Crippen LogP contribution in [0.3, 0.4) is 0 Å². The maximum Gasteiger partial charge on any atom is 0.213 e. The number of aromatic nitrogens is 1. The third kappa shape index (κ3) is 3.76. The fraction of sp³-hybridized carbons (Fsp3) is 0.643. The zero-order valence-electron chi connectivity index (χ0n) is 11.4. The Balaban J connectivity index is 0.000001000. The zero-order valence-corrected chi connectivity index (χ0v) is 13.0. The van der Waals surface area contributed by atoms with E-state index in [9.17, 15) is 0 Å². The molecule has 0 aromatic carbocycles. The molecule has 2 atom stereocenters. The van der Waals surface area contributed by atoms with Crippen molar-refractivity contribution in [3.8, 4) is 5.88 Å². The number of hydrogen-bond acceptors (Lipinski definition) is 4. The summed E-state index contributed by atoms with van der Waals surface area (Å²) >= 11 is 0. The van der Waals surface area contributed by atoms with Crippen LogP contribution >= 0.6 is 24.8 Å². The number of hydrogen-bond donors (Lipinski definition) is 1. The van der Waals surface area contributed by atoms with Gasteiger partial charge in [-0.2, -0.15) is 0 Å². The Morgan fingerprint density at radius 1 is 1.40 bits per heavy atom. The van der Waals surface area contributed by atoms with Crippen LogP contribution in [-0.2, 0) is 4.74 Å². The fourth-order valence-corrected chi connectivity index (χ4v) is 3.07. The lowest BCUT2D eigenvalue weighted by Crippen LogP contribution is -2.53. The molecule has 0 amide bonds. The zero-order chi connectivity index (χ0) is 12.3. The van der Waals surface area contributed by atoms with E-state index in [1.807, 2.05) is 18.2 Å². The molecule has 2 aliphatic rings. The molecule has 3 rings (SSSR count). The Kier molecular flexibility index (Phi) is 7.03. The van der Waals surface area contributed by atoms with E-state index in [0.717, 1.165) is 26.1 Å². The second kappa shape index (κ2) is 8.03. The highest BCUT2D eigenvalue weighted by Crippen LogP contribution is 2.39. The number of halogens is 2. The lowest BCUT2D eigenvalue weighted by molar-refractivity contribution is -0.0983. The van der Waals surface area contributed by atoms with Crippen molar-refractivity contribution in [3.63, 3.8) is 0 Å². The van der Waals surface area contributed by atoms with Crippen LogP contribution < -0.4 is 10.1 Å². The van der Waals surface area contributed by atoms with E-state index in [0.29, 0.717) is 18.4 Å². The summed E-state index contributed by atoms with van der Waals surface area (Å²) in [5, 5.41) is 3.45. The number of pyridine rings is 1. The summed E-state index contributed by atoms with van der Waals surface area (Å²) in [4.78, 5) is 4.19. The van der Waals surface area contributed by atoms with Crippen molar-refractivity contribution < 1.29 is 9.47 Å². The summed E-state index contributed by atoms with van der Waals surface area (Å²) in [5.41, 5.74) is 0.00697. The maximum absolute atomic E-state index is 6.06. The van der Waals surface area contributed by atoms with E-state index in [1.165, 1.54) is 12.8 Å². The quantitative estimate of drug-likeness (QED) is 0.929. The first-order valence-corrected chi connectivity index (χ1v) is 6.78. The minimum absolute atomic E-state index is 0.